The largest absolute Gasteiger partial charge is 0.418 e. The number of fused-ring (bicyclic) bond motifs is 5. The van der Waals surface area contributed by atoms with Crippen LogP contribution in [-0.2, 0) is 20.6 Å². The van der Waals surface area contributed by atoms with Gasteiger partial charge in [-0.05, 0) is 36.3 Å². The van der Waals surface area contributed by atoms with Crippen molar-refractivity contribution in [1.29, 1.82) is 0 Å². The number of carbonyl (C=O) groups is 3. The molecule has 0 N–H and O–H groups in total. The molecular formula is C23H17F3N2O3. The molecular weight excluding hydrogens is 409 g/mol. The van der Waals surface area contributed by atoms with Gasteiger partial charge in [-0.2, -0.15) is 13.2 Å². The molecule has 4 atom stereocenters. The number of amides is 2. The molecule has 3 aliphatic rings. The molecule has 0 saturated carbocycles. The highest BCUT2D eigenvalue weighted by atomic mass is 19.4. The molecule has 2 aromatic rings. The number of halogens is 3. The summed E-state index contributed by atoms with van der Waals surface area (Å²) >= 11 is 0. The van der Waals surface area contributed by atoms with E-state index in [-0.39, 0.29) is 5.78 Å². The summed E-state index contributed by atoms with van der Waals surface area (Å²) in [5.74, 6) is -3.79. The summed E-state index contributed by atoms with van der Waals surface area (Å²) in [6, 6.07) is 10.3. The monoisotopic (exact) mass is 426 g/mol. The van der Waals surface area contributed by atoms with Crippen LogP contribution in [0.25, 0.3) is 6.08 Å². The van der Waals surface area contributed by atoms with Crippen LogP contribution in [0.5, 0.6) is 0 Å². The average molecular weight is 426 g/mol. The summed E-state index contributed by atoms with van der Waals surface area (Å²) in [6.45, 7) is 1.34. The van der Waals surface area contributed by atoms with Gasteiger partial charge in [0.25, 0.3) is 0 Å². The number of anilines is 1. The Morgan fingerprint density at radius 2 is 1.58 bits per heavy atom. The van der Waals surface area contributed by atoms with E-state index in [4.69, 9.17) is 0 Å². The molecule has 0 unspecified atom stereocenters. The zero-order valence-corrected chi connectivity index (χ0v) is 16.3. The highest BCUT2D eigenvalue weighted by molar-refractivity contribution is 6.24. The van der Waals surface area contributed by atoms with Crippen molar-refractivity contribution in [3.63, 3.8) is 0 Å². The predicted molar refractivity (Wildman–Crippen MR) is 105 cm³/mol. The van der Waals surface area contributed by atoms with E-state index in [0.717, 1.165) is 23.3 Å². The smallest absolute Gasteiger partial charge is 0.359 e. The lowest BCUT2D eigenvalue weighted by atomic mass is 9.84. The molecule has 158 valence electrons. The minimum absolute atomic E-state index is 0.311. The Balaban J connectivity index is 1.67. The second kappa shape index (κ2) is 6.54. The van der Waals surface area contributed by atoms with Crippen LogP contribution in [0, 0.1) is 11.8 Å². The van der Waals surface area contributed by atoms with E-state index in [0.29, 0.717) is 4.90 Å². The first-order valence-corrected chi connectivity index (χ1v) is 9.81. The second-order valence-corrected chi connectivity index (χ2v) is 7.97. The molecule has 0 aromatic heterocycles. The van der Waals surface area contributed by atoms with Crippen molar-refractivity contribution in [2.24, 2.45) is 11.8 Å². The molecule has 2 saturated heterocycles. The maximum Gasteiger partial charge on any atom is 0.418 e. The number of imide groups is 1. The van der Waals surface area contributed by atoms with Crippen molar-refractivity contribution in [2.45, 2.75) is 25.2 Å². The third kappa shape index (κ3) is 2.67. The van der Waals surface area contributed by atoms with E-state index in [1.54, 1.807) is 17.2 Å². The molecule has 0 bridgehead atoms. The quantitative estimate of drug-likeness (QED) is 0.686. The van der Waals surface area contributed by atoms with Crippen molar-refractivity contribution < 1.29 is 27.6 Å². The summed E-state index contributed by atoms with van der Waals surface area (Å²) in [4.78, 5) is 41.7. The Morgan fingerprint density at radius 1 is 0.935 bits per heavy atom. The highest BCUT2D eigenvalue weighted by Crippen LogP contribution is 2.54. The van der Waals surface area contributed by atoms with Crippen molar-refractivity contribution >= 4 is 29.4 Å². The minimum Gasteiger partial charge on any atom is -0.359 e. The summed E-state index contributed by atoms with van der Waals surface area (Å²) in [7, 11) is 0. The maximum atomic E-state index is 13.6. The number of rotatable bonds is 2. The second-order valence-electron chi connectivity index (χ2n) is 7.97. The molecule has 0 radical (unpaired) electrons. The Hall–Kier alpha value is -3.42. The zero-order valence-electron chi connectivity index (χ0n) is 16.3. The number of hydrogen-bond acceptors (Lipinski definition) is 4. The lowest BCUT2D eigenvalue weighted by Crippen LogP contribution is -2.44. The maximum absolute atomic E-state index is 13.6. The van der Waals surface area contributed by atoms with Crippen LogP contribution in [0.1, 0.15) is 29.7 Å². The average Bonchev–Trinajstić information content (AvgIpc) is 3.20. The van der Waals surface area contributed by atoms with Crippen LogP contribution in [0.3, 0.4) is 0 Å². The molecule has 8 heteroatoms. The van der Waals surface area contributed by atoms with Gasteiger partial charge >= 0.3 is 6.18 Å². The van der Waals surface area contributed by atoms with Crippen LogP contribution in [-0.4, -0.2) is 28.5 Å². The molecule has 2 amide bonds. The first-order chi connectivity index (χ1) is 14.7. The van der Waals surface area contributed by atoms with Gasteiger partial charge in [0.2, 0.25) is 11.8 Å². The van der Waals surface area contributed by atoms with Gasteiger partial charge < -0.3 is 4.90 Å². The van der Waals surface area contributed by atoms with Crippen molar-refractivity contribution in [3.8, 4) is 0 Å². The Labute approximate surface area is 175 Å². The number of Topliss-reactive ketones (excluding diaryl/α,β-unsaturated/α-hetero) is 1. The lowest BCUT2D eigenvalue weighted by Gasteiger charge is -2.35. The van der Waals surface area contributed by atoms with Crippen LogP contribution < -0.4 is 4.90 Å². The fourth-order valence-corrected chi connectivity index (χ4v) is 5.17. The Morgan fingerprint density at radius 3 is 2.29 bits per heavy atom. The summed E-state index contributed by atoms with van der Waals surface area (Å²) in [5, 5.41) is 0. The van der Waals surface area contributed by atoms with Gasteiger partial charge in [-0.15, -0.1) is 0 Å². The van der Waals surface area contributed by atoms with Gasteiger partial charge in [0, 0.05) is 6.20 Å². The topological polar surface area (TPSA) is 57.7 Å². The molecule has 31 heavy (non-hydrogen) atoms. The minimum atomic E-state index is -4.74. The first kappa shape index (κ1) is 19.5. The Kier molecular flexibility index (Phi) is 4.12. The first-order valence-electron chi connectivity index (χ1n) is 9.81. The molecule has 0 aliphatic carbocycles. The van der Waals surface area contributed by atoms with Gasteiger partial charge in [0.05, 0.1) is 35.2 Å². The third-order valence-corrected chi connectivity index (χ3v) is 6.33. The van der Waals surface area contributed by atoms with Gasteiger partial charge in [0.15, 0.2) is 5.78 Å². The van der Waals surface area contributed by atoms with E-state index < -0.39 is 53.2 Å². The molecule has 2 aromatic carbocycles. The molecule has 3 aliphatic heterocycles. The van der Waals surface area contributed by atoms with Crippen LogP contribution in [0.15, 0.2) is 54.7 Å². The lowest BCUT2D eigenvalue weighted by molar-refractivity contribution is -0.137. The normalized spacial score (nSPS) is 26.7. The predicted octanol–water partition coefficient (Wildman–Crippen LogP) is 3.81. The van der Waals surface area contributed by atoms with Crippen LogP contribution in [0.4, 0.5) is 18.9 Å². The number of alkyl halides is 3. The standard InChI is InChI=1S/C23H17F3N2O3/c1-12(29)19-17-18(20-14-7-3-2-6-13(14)10-11-27(19)20)22(31)28(21(17)30)16-9-5-4-8-15(16)23(24,25)26/h2-11,17-20H,1H3/t17-,18+,19-,20+/m1/s1. The van der Waals surface area contributed by atoms with Gasteiger partial charge in [-0.3, -0.25) is 14.4 Å². The molecule has 0 spiro atoms. The molecule has 5 rings (SSSR count). The van der Waals surface area contributed by atoms with E-state index >= 15 is 0 Å². The van der Waals surface area contributed by atoms with Crippen molar-refractivity contribution in [1.82, 2.24) is 4.90 Å². The number of nitrogens with zero attached hydrogens (tertiary/aromatic N) is 2. The summed E-state index contributed by atoms with van der Waals surface area (Å²) in [6.07, 6.45) is -1.22. The van der Waals surface area contributed by atoms with Crippen molar-refractivity contribution in [3.05, 3.63) is 71.4 Å². The number of carbonyl (C=O) groups excluding carboxylic acids is 3. The van der Waals surface area contributed by atoms with E-state index in [1.165, 1.54) is 19.1 Å². The van der Waals surface area contributed by atoms with Gasteiger partial charge in [-0.25, -0.2) is 4.90 Å². The van der Waals surface area contributed by atoms with E-state index in [1.807, 2.05) is 24.3 Å². The SMILES string of the molecule is CC(=O)[C@@H]1[C@@H]2C(=O)N(c3ccccc3C(F)(F)F)C(=O)[C@@H]2[C@@H]2c3ccccc3C=CN12. The van der Waals surface area contributed by atoms with E-state index in [9.17, 15) is 27.6 Å². The van der Waals surface area contributed by atoms with Crippen molar-refractivity contribution in [2.75, 3.05) is 4.90 Å². The van der Waals surface area contributed by atoms with Crippen LogP contribution >= 0.6 is 0 Å². The molecule has 2 fully saturated rings. The summed E-state index contributed by atoms with van der Waals surface area (Å²) in [5.41, 5.74) is 0.0710. The summed E-state index contributed by atoms with van der Waals surface area (Å²) < 4.78 is 40.8. The number of ketones is 1. The molecule has 5 nitrogen and oxygen atoms in total. The number of hydrogen-bond donors (Lipinski definition) is 0. The number of para-hydroxylation sites is 1. The van der Waals surface area contributed by atoms with Gasteiger partial charge in [0.1, 0.15) is 0 Å². The fourth-order valence-electron chi connectivity index (χ4n) is 5.17. The van der Waals surface area contributed by atoms with Gasteiger partial charge in [-0.1, -0.05) is 36.4 Å². The van der Waals surface area contributed by atoms with Crippen LogP contribution in [0.2, 0.25) is 0 Å². The Bertz CT molecular complexity index is 1160. The third-order valence-electron chi connectivity index (χ3n) is 6.33. The van der Waals surface area contributed by atoms with E-state index in [2.05, 4.69) is 0 Å². The molecule has 3 heterocycles. The fraction of sp³-hybridized carbons (Fsp3) is 0.261. The highest BCUT2D eigenvalue weighted by Gasteiger charge is 2.64. The zero-order chi connectivity index (χ0) is 22.1. The number of benzene rings is 2.